The van der Waals surface area contributed by atoms with Crippen molar-refractivity contribution in [3.05, 3.63) is 22.6 Å². The van der Waals surface area contributed by atoms with Crippen molar-refractivity contribution < 1.29 is 4.79 Å². The zero-order chi connectivity index (χ0) is 15.2. The summed E-state index contributed by atoms with van der Waals surface area (Å²) < 4.78 is 1.23. The summed E-state index contributed by atoms with van der Waals surface area (Å²) in [5.74, 6) is -0.179. The Kier molecular flexibility index (Phi) is 5.32. The second kappa shape index (κ2) is 7.21. The van der Waals surface area contributed by atoms with Crippen LogP contribution in [0.2, 0.25) is 0 Å². The summed E-state index contributed by atoms with van der Waals surface area (Å²) >= 11 is 0. The van der Waals surface area contributed by atoms with E-state index in [9.17, 15) is 9.59 Å². The molecule has 1 fully saturated rings. The maximum atomic E-state index is 12.2. The lowest BCUT2D eigenvalue weighted by Crippen LogP contribution is -2.44. The van der Waals surface area contributed by atoms with Crippen LogP contribution >= 0.6 is 0 Å². The lowest BCUT2D eigenvalue weighted by atomic mass is 10.3. The first-order chi connectivity index (χ1) is 10.1. The van der Waals surface area contributed by atoms with E-state index in [-0.39, 0.29) is 11.5 Å². The highest BCUT2D eigenvalue weighted by Gasteiger charge is 2.18. The normalized spacial score (nSPS) is 16.6. The monoisotopic (exact) mass is 293 g/mol. The fraction of sp³-hybridized carbons (Fsp3) is 0.643. The number of rotatable bonds is 5. The number of amides is 1. The van der Waals surface area contributed by atoms with Gasteiger partial charge in [0, 0.05) is 38.8 Å². The van der Waals surface area contributed by atoms with E-state index in [0.717, 1.165) is 38.3 Å². The van der Waals surface area contributed by atoms with Crippen molar-refractivity contribution in [1.82, 2.24) is 20.4 Å². The third-order valence-electron chi connectivity index (χ3n) is 3.59. The Labute approximate surface area is 124 Å². The van der Waals surface area contributed by atoms with Gasteiger partial charge in [0.15, 0.2) is 0 Å². The number of aromatic nitrogens is 2. The predicted molar refractivity (Wildman–Crippen MR) is 81.6 cm³/mol. The Balaban J connectivity index is 2.11. The van der Waals surface area contributed by atoms with E-state index in [1.54, 1.807) is 19.2 Å². The van der Waals surface area contributed by atoms with Gasteiger partial charge in [-0.3, -0.25) is 9.59 Å². The molecule has 1 aromatic heterocycles. The first-order valence-corrected chi connectivity index (χ1v) is 7.45. The highest BCUT2D eigenvalue weighted by molar-refractivity contribution is 5.79. The molecule has 7 nitrogen and oxygen atoms in total. The third kappa shape index (κ3) is 3.81. The summed E-state index contributed by atoms with van der Waals surface area (Å²) in [7, 11) is 0. The van der Waals surface area contributed by atoms with Crippen molar-refractivity contribution in [3.63, 3.8) is 0 Å². The molecular formula is C14H23N5O2. The Morgan fingerprint density at radius 3 is 2.81 bits per heavy atom. The van der Waals surface area contributed by atoms with Gasteiger partial charge in [0.05, 0.1) is 11.9 Å². The number of hydrogen-bond acceptors (Lipinski definition) is 5. The van der Waals surface area contributed by atoms with Gasteiger partial charge in [-0.05, 0) is 13.3 Å². The molecule has 2 heterocycles. The van der Waals surface area contributed by atoms with Crippen LogP contribution in [0.15, 0.2) is 17.1 Å². The molecule has 1 atom stereocenters. The molecule has 0 radical (unpaired) electrons. The Morgan fingerprint density at radius 2 is 2.19 bits per heavy atom. The summed E-state index contributed by atoms with van der Waals surface area (Å²) in [6, 6.07) is 0.961. The minimum absolute atomic E-state index is 0.179. The van der Waals surface area contributed by atoms with Gasteiger partial charge < -0.3 is 15.5 Å². The van der Waals surface area contributed by atoms with Crippen LogP contribution in [0.4, 0.5) is 5.69 Å². The maximum absolute atomic E-state index is 12.2. The highest BCUT2D eigenvalue weighted by atomic mass is 16.2. The number of carbonyl (C=O) groups is 1. The van der Waals surface area contributed by atoms with E-state index in [2.05, 4.69) is 20.6 Å². The van der Waals surface area contributed by atoms with Gasteiger partial charge in [-0.25, -0.2) is 4.68 Å². The number of anilines is 1. The molecule has 2 N–H and O–H groups in total. The fourth-order valence-corrected chi connectivity index (χ4v) is 2.30. The highest BCUT2D eigenvalue weighted by Crippen LogP contribution is 2.11. The summed E-state index contributed by atoms with van der Waals surface area (Å²) in [5, 5.41) is 10.2. The smallest absolute Gasteiger partial charge is 0.269 e. The van der Waals surface area contributed by atoms with Crippen molar-refractivity contribution in [3.8, 4) is 0 Å². The molecule has 1 amide bonds. The lowest BCUT2D eigenvalue weighted by molar-refractivity contribution is -0.124. The van der Waals surface area contributed by atoms with E-state index < -0.39 is 6.04 Å². The summed E-state index contributed by atoms with van der Waals surface area (Å²) in [4.78, 5) is 26.2. The van der Waals surface area contributed by atoms with Gasteiger partial charge in [-0.1, -0.05) is 6.92 Å². The van der Waals surface area contributed by atoms with Crippen molar-refractivity contribution in [2.24, 2.45) is 0 Å². The van der Waals surface area contributed by atoms with Crippen LogP contribution in [0.5, 0.6) is 0 Å². The van der Waals surface area contributed by atoms with E-state index in [1.807, 2.05) is 6.92 Å². The fourth-order valence-electron chi connectivity index (χ4n) is 2.30. The number of nitrogens with one attached hydrogen (secondary N) is 2. The third-order valence-corrected chi connectivity index (χ3v) is 3.59. The molecule has 7 heteroatoms. The van der Waals surface area contributed by atoms with E-state index in [4.69, 9.17) is 0 Å². The molecule has 0 saturated carbocycles. The molecular weight excluding hydrogens is 270 g/mol. The zero-order valence-corrected chi connectivity index (χ0v) is 12.6. The second-order valence-corrected chi connectivity index (χ2v) is 5.20. The molecule has 0 spiro atoms. The van der Waals surface area contributed by atoms with Crippen LogP contribution in [0.25, 0.3) is 0 Å². The van der Waals surface area contributed by atoms with E-state index in [0.29, 0.717) is 6.54 Å². The molecule has 116 valence electrons. The van der Waals surface area contributed by atoms with Gasteiger partial charge in [0.25, 0.3) is 5.56 Å². The standard InChI is InChI=1S/C14H23N5O2/c1-3-4-16-14(21)11(2)19-13(20)9-12(10-17-19)18-7-5-15-6-8-18/h9-11,15H,3-8H2,1-2H3,(H,16,21). The van der Waals surface area contributed by atoms with Crippen LogP contribution < -0.4 is 21.1 Å². The quantitative estimate of drug-likeness (QED) is 0.782. The number of hydrogen-bond donors (Lipinski definition) is 2. The average Bonchev–Trinajstić information content (AvgIpc) is 2.52. The summed E-state index contributed by atoms with van der Waals surface area (Å²) in [5.41, 5.74) is 0.573. The number of carbonyl (C=O) groups excluding carboxylic acids is 1. The van der Waals surface area contributed by atoms with Gasteiger partial charge in [-0.15, -0.1) is 0 Å². The molecule has 1 aliphatic heterocycles. The first-order valence-electron chi connectivity index (χ1n) is 7.45. The van der Waals surface area contributed by atoms with Crippen LogP contribution in [0.3, 0.4) is 0 Å². The molecule has 0 aromatic carbocycles. The number of piperazine rings is 1. The molecule has 1 aromatic rings. The first kappa shape index (κ1) is 15.5. The SMILES string of the molecule is CCCNC(=O)C(C)n1ncc(N2CCNCC2)cc1=O. The largest absolute Gasteiger partial charge is 0.368 e. The molecule has 0 aliphatic carbocycles. The van der Waals surface area contributed by atoms with Gasteiger partial charge in [0.2, 0.25) is 5.91 Å². The topological polar surface area (TPSA) is 79.3 Å². The molecule has 1 aliphatic rings. The van der Waals surface area contributed by atoms with E-state index >= 15 is 0 Å². The van der Waals surface area contributed by atoms with Gasteiger partial charge >= 0.3 is 0 Å². The van der Waals surface area contributed by atoms with Crippen molar-refractivity contribution in [2.45, 2.75) is 26.3 Å². The maximum Gasteiger partial charge on any atom is 0.269 e. The second-order valence-electron chi connectivity index (χ2n) is 5.20. The van der Waals surface area contributed by atoms with Crippen molar-refractivity contribution >= 4 is 11.6 Å². The van der Waals surface area contributed by atoms with E-state index in [1.165, 1.54) is 4.68 Å². The van der Waals surface area contributed by atoms with Gasteiger partial charge in [-0.2, -0.15) is 5.10 Å². The Morgan fingerprint density at radius 1 is 1.48 bits per heavy atom. The van der Waals surface area contributed by atoms with Crippen LogP contribution in [0, 0.1) is 0 Å². The lowest BCUT2D eigenvalue weighted by Gasteiger charge is -2.29. The number of nitrogens with zero attached hydrogens (tertiary/aromatic N) is 3. The molecule has 1 unspecified atom stereocenters. The molecule has 2 rings (SSSR count). The zero-order valence-electron chi connectivity index (χ0n) is 12.6. The van der Waals surface area contributed by atoms with Crippen LogP contribution in [0.1, 0.15) is 26.3 Å². The summed E-state index contributed by atoms with van der Waals surface area (Å²) in [6.07, 6.45) is 2.53. The Bertz CT molecular complexity index is 536. The van der Waals surface area contributed by atoms with Crippen LogP contribution in [-0.4, -0.2) is 48.4 Å². The molecule has 21 heavy (non-hydrogen) atoms. The van der Waals surface area contributed by atoms with Gasteiger partial charge in [0.1, 0.15) is 6.04 Å². The van der Waals surface area contributed by atoms with Crippen molar-refractivity contribution in [1.29, 1.82) is 0 Å². The Hall–Kier alpha value is -1.89. The van der Waals surface area contributed by atoms with Crippen molar-refractivity contribution in [2.75, 3.05) is 37.6 Å². The molecule has 1 saturated heterocycles. The summed E-state index contributed by atoms with van der Waals surface area (Å²) in [6.45, 7) is 7.80. The predicted octanol–water partition coefficient (Wildman–Crippen LogP) is -0.260. The minimum atomic E-state index is -0.596. The average molecular weight is 293 g/mol. The molecule has 0 bridgehead atoms. The minimum Gasteiger partial charge on any atom is -0.368 e. The van der Waals surface area contributed by atoms with Crippen LogP contribution in [-0.2, 0) is 4.79 Å².